The molecule has 1 saturated heterocycles. The Bertz CT molecular complexity index is 1060. The van der Waals surface area contributed by atoms with Crippen molar-refractivity contribution < 1.29 is 18.5 Å². The lowest BCUT2D eigenvalue weighted by Crippen LogP contribution is -2.50. The lowest BCUT2D eigenvalue weighted by atomic mass is 9.96. The van der Waals surface area contributed by atoms with Crippen LogP contribution in [0.15, 0.2) is 52.4 Å². The average molecular weight is 524 g/mol. The first kappa shape index (κ1) is 28.5. The van der Waals surface area contributed by atoms with Gasteiger partial charge in [-0.05, 0) is 55.5 Å². The van der Waals surface area contributed by atoms with Gasteiger partial charge < -0.3 is 21.1 Å². The number of hydrogen-bond acceptors (Lipinski definition) is 5. The Kier molecular flexibility index (Phi) is 11.4. The smallest absolute Gasteiger partial charge is 0.309 e. The van der Waals surface area contributed by atoms with Gasteiger partial charge in [0.25, 0.3) is 0 Å². The van der Waals surface area contributed by atoms with E-state index in [0.717, 1.165) is 10.8 Å². The number of ether oxygens (including phenoxy) is 1. The number of halogens is 1. The van der Waals surface area contributed by atoms with Crippen LogP contribution in [0.25, 0.3) is 10.8 Å². The molecule has 5 N–H and O–H groups in total. The van der Waals surface area contributed by atoms with Gasteiger partial charge in [0.2, 0.25) is 5.91 Å². The standard InChI is InChI=1S/C24H33N5O4S.ClH/c1-2-33-23(31)18-11-14-29(15-12-18)22(30)21(8-5-13-27-24(25)26)28-34(32)20-10-9-17-6-3-4-7-19(17)16-20;/h3-4,6-7,9-10,16,18,21,28H,2,5,8,11-15H2,1H3,(H4,25,26,27);1H/t21-,34?;/m0./s1. The summed E-state index contributed by atoms with van der Waals surface area (Å²) >= 11 is 0. The van der Waals surface area contributed by atoms with E-state index in [4.69, 9.17) is 16.2 Å². The molecule has 1 fully saturated rings. The third-order valence-corrected chi connectivity index (χ3v) is 7.03. The maximum absolute atomic E-state index is 13.3. The van der Waals surface area contributed by atoms with Crippen LogP contribution in [0.3, 0.4) is 0 Å². The highest BCUT2D eigenvalue weighted by Crippen LogP contribution is 2.21. The number of guanidine groups is 1. The highest BCUT2D eigenvalue weighted by atomic mass is 35.5. The summed E-state index contributed by atoms with van der Waals surface area (Å²) in [6.45, 7) is 3.42. The minimum atomic E-state index is -1.58. The first-order valence-corrected chi connectivity index (χ1v) is 12.7. The number of carbonyl (C=O) groups excluding carboxylic acids is 2. The van der Waals surface area contributed by atoms with Crippen molar-refractivity contribution >= 4 is 52.0 Å². The number of likely N-dealkylation sites (tertiary alicyclic amines) is 1. The Labute approximate surface area is 214 Å². The molecule has 1 aliphatic heterocycles. The van der Waals surface area contributed by atoms with Crippen LogP contribution in [0.4, 0.5) is 0 Å². The number of carbonyl (C=O) groups is 2. The van der Waals surface area contributed by atoms with Crippen LogP contribution in [0.5, 0.6) is 0 Å². The van der Waals surface area contributed by atoms with E-state index < -0.39 is 17.0 Å². The van der Waals surface area contributed by atoms with Crippen LogP contribution in [0.1, 0.15) is 32.6 Å². The van der Waals surface area contributed by atoms with Crippen LogP contribution in [0.2, 0.25) is 0 Å². The van der Waals surface area contributed by atoms with Crippen molar-refractivity contribution in [2.45, 2.75) is 43.5 Å². The quantitative estimate of drug-likeness (QED) is 0.188. The molecule has 192 valence electrons. The summed E-state index contributed by atoms with van der Waals surface area (Å²) < 4.78 is 21.3. The number of nitrogens with one attached hydrogen (secondary N) is 1. The van der Waals surface area contributed by atoms with E-state index in [0.29, 0.717) is 56.8 Å². The number of benzene rings is 2. The molecule has 2 atom stereocenters. The SMILES string of the molecule is CCOC(=O)C1CCN(C(=O)[C@H](CCCN=C(N)N)NS(=O)c2ccc3ccccc3c2)CC1.Cl. The normalized spacial score (nSPS) is 15.6. The van der Waals surface area contributed by atoms with E-state index in [1.54, 1.807) is 17.9 Å². The zero-order chi connectivity index (χ0) is 24.5. The van der Waals surface area contributed by atoms with Crippen molar-refractivity contribution in [1.29, 1.82) is 0 Å². The Balaban J connectivity index is 0.00000432. The van der Waals surface area contributed by atoms with Crippen molar-refractivity contribution in [1.82, 2.24) is 9.62 Å². The van der Waals surface area contributed by atoms with Crippen LogP contribution < -0.4 is 16.2 Å². The molecular weight excluding hydrogens is 490 g/mol. The Morgan fingerprint density at radius 3 is 2.51 bits per heavy atom. The third-order valence-electron chi connectivity index (χ3n) is 5.85. The summed E-state index contributed by atoms with van der Waals surface area (Å²) in [5, 5.41) is 2.03. The lowest BCUT2D eigenvalue weighted by molar-refractivity contribution is -0.151. The van der Waals surface area contributed by atoms with E-state index in [1.165, 1.54) is 0 Å². The molecule has 1 unspecified atom stereocenters. The molecule has 1 amide bonds. The molecule has 0 aliphatic carbocycles. The van der Waals surface area contributed by atoms with E-state index >= 15 is 0 Å². The molecular formula is C24H34ClN5O4S. The molecule has 0 bridgehead atoms. The van der Waals surface area contributed by atoms with Crippen molar-refractivity contribution in [3.8, 4) is 0 Å². The molecule has 0 saturated carbocycles. The Morgan fingerprint density at radius 2 is 1.86 bits per heavy atom. The highest BCUT2D eigenvalue weighted by Gasteiger charge is 2.32. The fourth-order valence-electron chi connectivity index (χ4n) is 4.03. The highest BCUT2D eigenvalue weighted by molar-refractivity contribution is 7.83. The van der Waals surface area contributed by atoms with Gasteiger partial charge in [0.1, 0.15) is 11.0 Å². The van der Waals surface area contributed by atoms with Crippen LogP contribution >= 0.6 is 12.4 Å². The molecule has 0 aromatic heterocycles. The van der Waals surface area contributed by atoms with Gasteiger partial charge in [0, 0.05) is 19.6 Å². The number of fused-ring (bicyclic) bond motifs is 1. The van der Waals surface area contributed by atoms with Crippen molar-refractivity contribution in [2.24, 2.45) is 22.4 Å². The number of aliphatic imine (C=N–C) groups is 1. The second kappa shape index (κ2) is 14.0. The van der Waals surface area contributed by atoms with Crippen LogP contribution in [-0.4, -0.2) is 59.2 Å². The third kappa shape index (κ3) is 8.19. The van der Waals surface area contributed by atoms with E-state index in [2.05, 4.69) is 9.71 Å². The molecule has 35 heavy (non-hydrogen) atoms. The number of amides is 1. The number of esters is 1. The van der Waals surface area contributed by atoms with Crippen molar-refractivity contribution in [2.75, 3.05) is 26.2 Å². The predicted molar refractivity (Wildman–Crippen MR) is 140 cm³/mol. The van der Waals surface area contributed by atoms with Gasteiger partial charge in [-0.2, -0.15) is 0 Å². The maximum atomic E-state index is 13.3. The largest absolute Gasteiger partial charge is 0.466 e. The predicted octanol–water partition coefficient (Wildman–Crippen LogP) is 2.10. The molecule has 1 aliphatic rings. The molecule has 3 rings (SSSR count). The van der Waals surface area contributed by atoms with Gasteiger partial charge >= 0.3 is 5.97 Å². The summed E-state index contributed by atoms with van der Waals surface area (Å²) in [6, 6.07) is 12.8. The monoisotopic (exact) mass is 523 g/mol. The molecule has 0 spiro atoms. The first-order valence-electron chi connectivity index (χ1n) is 11.6. The maximum Gasteiger partial charge on any atom is 0.309 e. The van der Waals surface area contributed by atoms with Gasteiger partial charge in [-0.1, -0.05) is 30.3 Å². The van der Waals surface area contributed by atoms with E-state index in [1.807, 2.05) is 36.4 Å². The van der Waals surface area contributed by atoms with Crippen LogP contribution in [-0.2, 0) is 25.3 Å². The minimum Gasteiger partial charge on any atom is -0.466 e. The molecule has 2 aromatic rings. The van der Waals surface area contributed by atoms with Gasteiger partial charge in [-0.15, -0.1) is 12.4 Å². The van der Waals surface area contributed by atoms with Crippen LogP contribution in [0, 0.1) is 5.92 Å². The summed E-state index contributed by atoms with van der Waals surface area (Å²) in [5.74, 6) is -0.541. The van der Waals surface area contributed by atoms with E-state index in [9.17, 15) is 13.8 Å². The lowest BCUT2D eigenvalue weighted by Gasteiger charge is -2.33. The number of nitrogens with two attached hydrogens (primary N) is 2. The second-order valence-electron chi connectivity index (χ2n) is 8.25. The number of piperidine rings is 1. The zero-order valence-electron chi connectivity index (χ0n) is 19.9. The van der Waals surface area contributed by atoms with E-state index in [-0.39, 0.29) is 36.2 Å². The Morgan fingerprint density at radius 1 is 1.17 bits per heavy atom. The Hall–Kier alpha value is -2.69. The first-order chi connectivity index (χ1) is 16.4. The molecule has 0 radical (unpaired) electrons. The summed E-state index contributed by atoms with van der Waals surface area (Å²) in [4.78, 5) is 31.7. The summed E-state index contributed by atoms with van der Waals surface area (Å²) in [5.41, 5.74) is 10.8. The van der Waals surface area contributed by atoms with Crippen molar-refractivity contribution in [3.05, 3.63) is 42.5 Å². The average Bonchev–Trinajstić information content (AvgIpc) is 2.85. The fraction of sp³-hybridized carbons (Fsp3) is 0.458. The number of rotatable bonds is 10. The van der Waals surface area contributed by atoms with Gasteiger partial charge in [0.15, 0.2) is 5.96 Å². The molecule has 11 heteroatoms. The van der Waals surface area contributed by atoms with Gasteiger partial charge in [-0.25, -0.2) is 8.93 Å². The number of hydrogen-bond donors (Lipinski definition) is 3. The van der Waals surface area contributed by atoms with Gasteiger partial charge in [0.05, 0.1) is 23.5 Å². The van der Waals surface area contributed by atoms with Gasteiger partial charge in [-0.3, -0.25) is 14.6 Å². The zero-order valence-corrected chi connectivity index (χ0v) is 21.5. The molecule has 2 aromatic carbocycles. The molecule has 9 nitrogen and oxygen atoms in total. The van der Waals surface area contributed by atoms with Crippen molar-refractivity contribution in [3.63, 3.8) is 0 Å². The second-order valence-corrected chi connectivity index (χ2v) is 9.49. The minimum absolute atomic E-state index is 0. The molecule has 1 heterocycles. The topological polar surface area (TPSA) is 140 Å². The summed E-state index contributed by atoms with van der Waals surface area (Å²) in [7, 11) is -1.58. The summed E-state index contributed by atoms with van der Waals surface area (Å²) in [6.07, 6.45) is 2.08. The number of nitrogens with zero attached hydrogens (tertiary/aromatic N) is 2. The fourth-order valence-corrected chi connectivity index (χ4v) is 5.07.